The molecule has 1 N–H and O–H groups in total. The molecule has 0 bridgehead atoms. The molecular formula is C17H14F2N2O. The van der Waals surface area contributed by atoms with E-state index in [1.165, 1.54) is 6.08 Å². The summed E-state index contributed by atoms with van der Waals surface area (Å²) in [7, 11) is 1.82. The molecule has 0 aliphatic rings. The molecule has 3 nitrogen and oxygen atoms in total. The smallest absolute Gasteiger partial charge is 0.137 e. The number of aromatic nitrogens is 2. The molecule has 3 aromatic rings. The number of benzene rings is 2. The minimum atomic E-state index is -0.740. The number of aliphatic hydroxyl groups excluding tert-OH is 1. The van der Waals surface area contributed by atoms with Crippen molar-refractivity contribution in [2.24, 2.45) is 7.05 Å². The molecule has 0 unspecified atom stereocenters. The van der Waals surface area contributed by atoms with Gasteiger partial charge in [-0.1, -0.05) is 6.07 Å². The van der Waals surface area contributed by atoms with Crippen LogP contribution in [-0.4, -0.2) is 14.7 Å². The second-order valence-corrected chi connectivity index (χ2v) is 5.21. The molecule has 112 valence electrons. The molecular weight excluding hydrogens is 286 g/mol. The Morgan fingerprint density at radius 3 is 2.50 bits per heavy atom. The monoisotopic (exact) mass is 300 g/mol. The van der Waals surface area contributed by atoms with E-state index < -0.39 is 11.6 Å². The summed E-state index contributed by atoms with van der Waals surface area (Å²) in [5, 5.41) is 10.1. The van der Waals surface area contributed by atoms with Crippen LogP contribution in [0.1, 0.15) is 17.0 Å². The summed E-state index contributed by atoms with van der Waals surface area (Å²) in [5.74, 6) is -1.22. The van der Waals surface area contributed by atoms with Crippen molar-refractivity contribution < 1.29 is 13.9 Å². The van der Waals surface area contributed by atoms with Crippen molar-refractivity contribution in [3.63, 3.8) is 0 Å². The SMILES string of the molecule is Cc1ccc2c(c1)nc(C=C(O)c1cc(F)cc(F)c1)n2C. The van der Waals surface area contributed by atoms with Crippen LogP contribution in [0.25, 0.3) is 22.9 Å². The molecule has 0 fully saturated rings. The molecule has 0 aliphatic heterocycles. The lowest BCUT2D eigenvalue weighted by Gasteiger charge is -2.02. The van der Waals surface area contributed by atoms with Crippen molar-refractivity contribution >= 4 is 22.9 Å². The van der Waals surface area contributed by atoms with E-state index >= 15 is 0 Å². The zero-order valence-corrected chi connectivity index (χ0v) is 12.1. The van der Waals surface area contributed by atoms with Crippen LogP contribution in [0, 0.1) is 18.6 Å². The summed E-state index contributed by atoms with van der Waals surface area (Å²) < 4.78 is 28.2. The Morgan fingerprint density at radius 2 is 1.82 bits per heavy atom. The predicted molar refractivity (Wildman–Crippen MR) is 82.3 cm³/mol. The first-order valence-corrected chi connectivity index (χ1v) is 6.74. The summed E-state index contributed by atoms with van der Waals surface area (Å²) in [5.41, 5.74) is 2.86. The minimum absolute atomic E-state index is 0.0701. The predicted octanol–water partition coefficient (Wildman–Crippen LogP) is 4.22. The molecule has 0 atom stereocenters. The van der Waals surface area contributed by atoms with Crippen LogP contribution in [-0.2, 0) is 7.05 Å². The van der Waals surface area contributed by atoms with Gasteiger partial charge in [-0.05, 0) is 36.8 Å². The molecule has 0 saturated carbocycles. The van der Waals surface area contributed by atoms with Crippen LogP contribution < -0.4 is 0 Å². The molecule has 3 rings (SSSR count). The maximum atomic E-state index is 13.2. The zero-order valence-electron chi connectivity index (χ0n) is 12.1. The summed E-state index contributed by atoms with van der Waals surface area (Å²) in [6.07, 6.45) is 1.39. The molecule has 1 heterocycles. The highest BCUT2D eigenvalue weighted by Crippen LogP contribution is 2.21. The maximum Gasteiger partial charge on any atom is 0.137 e. The number of aryl methyl sites for hydroxylation is 2. The van der Waals surface area contributed by atoms with Crippen molar-refractivity contribution in [1.82, 2.24) is 9.55 Å². The average molecular weight is 300 g/mol. The number of nitrogens with zero attached hydrogens (tertiary/aromatic N) is 2. The highest BCUT2D eigenvalue weighted by atomic mass is 19.1. The standard InChI is InChI=1S/C17H14F2N2O/c1-10-3-4-15-14(5-10)20-17(21(15)2)9-16(22)11-6-12(18)8-13(19)7-11/h3-9,22H,1-2H3. The zero-order chi connectivity index (χ0) is 15.9. The lowest BCUT2D eigenvalue weighted by Crippen LogP contribution is -1.94. The van der Waals surface area contributed by atoms with Crippen molar-refractivity contribution in [2.45, 2.75) is 6.92 Å². The Labute approximate surface area is 126 Å². The fourth-order valence-electron chi connectivity index (χ4n) is 2.36. The molecule has 0 saturated heterocycles. The second-order valence-electron chi connectivity index (χ2n) is 5.21. The quantitative estimate of drug-likeness (QED) is 0.720. The molecule has 0 radical (unpaired) electrons. The van der Waals surface area contributed by atoms with Crippen molar-refractivity contribution in [1.29, 1.82) is 0 Å². The maximum absolute atomic E-state index is 13.2. The van der Waals surface area contributed by atoms with Gasteiger partial charge >= 0.3 is 0 Å². The third-order valence-corrected chi connectivity index (χ3v) is 3.50. The van der Waals surface area contributed by atoms with Gasteiger partial charge in [0.05, 0.1) is 11.0 Å². The van der Waals surface area contributed by atoms with Crippen molar-refractivity contribution in [3.05, 3.63) is 65.0 Å². The van der Waals surface area contributed by atoms with Gasteiger partial charge in [0.15, 0.2) is 0 Å². The van der Waals surface area contributed by atoms with Gasteiger partial charge in [0.1, 0.15) is 23.2 Å². The van der Waals surface area contributed by atoms with Gasteiger partial charge < -0.3 is 9.67 Å². The van der Waals surface area contributed by atoms with Crippen LogP contribution in [0.15, 0.2) is 36.4 Å². The van der Waals surface area contributed by atoms with Gasteiger partial charge in [-0.3, -0.25) is 0 Å². The van der Waals surface area contributed by atoms with E-state index in [0.717, 1.165) is 34.8 Å². The summed E-state index contributed by atoms with van der Waals surface area (Å²) >= 11 is 0. The Bertz CT molecular complexity index is 877. The number of fused-ring (bicyclic) bond motifs is 1. The lowest BCUT2D eigenvalue weighted by molar-refractivity contribution is 0.511. The first-order chi connectivity index (χ1) is 10.4. The molecule has 0 spiro atoms. The summed E-state index contributed by atoms with van der Waals surface area (Å²) in [6.45, 7) is 1.97. The highest BCUT2D eigenvalue weighted by Gasteiger charge is 2.09. The van der Waals surface area contributed by atoms with E-state index in [-0.39, 0.29) is 11.3 Å². The van der Waals surface area contributed by atoms with Gasteiger partial charge in [-0.2, -0.15) is 0 Å². The number of rotatable bonds is 2. The van der Waals surface area contributed by atoms with Crippen LogP contribution >= 0.6 is 0 Å². The Kier molecular flexibility index (Phi) is 3.41. The normalized spacial score (nSPS) is 12.1. The summed E-state index contributed by atoms with van der Waals surface area (Å²) in [6, 6.07) is 8.75. The van der Waals surface area contributed by atoms with Crippen molar-refractivity contribution in [2.75, 3.05) is 0 Å². The van der Waals surface area contributed by atoms with E-state index in [9.17, 15) is 13.9 Å². The number of halogens is 2. The van der Waals surface area contributed by atoms with Crippen molar-refractivity contribution in [3.8, 4) is 0 Å². The highest BCUT2D eigenvalue weighted by molar-refractivity contribution is 5.82. The van der Waals surface area contributed by atoms with Gasteiger partial charge in [0, 0.05) is 24.8 Å². The van der Waals surface area contributed by atoms with Crippen LogP contribution in [0.4, 0.5) is 8.78 Å². The third kappa shape index (κ3) is 2.57. The van der Waals surface area contributed by atoms with Crippen LogP contribution in [0.3, 0.4) is 0 Å². The van der Waals surface area contributed by atoms with Crippen LogP contribution in [0.2, 0.25) is 0 Å². The van der Waals surface area contributed by atoms with E-state index in [0.29, 0.717) is 5.82 Å². The molecule has 0 amide bonds. The molecule has 5 heteroatoms. The largest absolute Gasteiger partial charge is 0.507 e. The summed E-state index contributed by atoms with van der Waals surface area (Å²) in [4.78, 5) is 4.42. The van der Waals surface area contributed by atoms with E-state index in [4.69, 9.17) is 0 Å². The van der Waals surface area contributed by atoms with E-state index in [1.807, 2.05) is 32.2 Å². The first kappa shape index (κ1) is 14.3. The fourth-order valence-corrected chi connectivity index (χ4v) is 2.36. The minimum Gasteiger partial charge on any atom is -0.507 e. The Balaban J connectivity index is 2.09. The molecule has 2 aromatic carbocycles. The lowest BCUT2D eigenvalue weighted by atomic mass is 10.1. The fraction of sp³-hybridized carbons (Fsp3) is 0.118. The first-order valence-electron chi connectivity index (χ1n) is 6.74. The van der Waals surface area contributed by atoms with E-state index in [2.05, 4.69) is 4.98 Å². The van der Waals surface area contributed by atoms with Crippen LogP contribution in [0.5, 0.6) is 0 Å². The third-order valence-electron chi connectivity index (χ3n) is 3.50. The second kappa shape index (κ2) is 5.26. The van der Waals surface area contributed by atoms with Gasteiger partial charge in [-0.15, -0.1) is 0 Å². The Hall–Kier alpha value is -2.69. The van der Waals surface area contributed by atoms with Gasteiger partial charge in [0.2, 0.25) is 0 Å². The van der Waals surface area contributed by atoms with E-state index in [1.54, 1.807) is 4.57 Å². The van der Waals surface area contributed by atoms with Gasteiger partial charge in [-0.25, -0.2) is 13.8 Å². The number of aliphatic hydroxyl groups is 1. The number of imidazole rings is 1. The van der Waals surface area contributed by atoms with Gasteiger partial charge in [0.25, 0.3) is 0 Å². The Morgan fingerprint density at radius 1 is 1.14 bits per heavy atom. The number of hydrogen-bond acceptors (Lipinski definition) is 2. The number of hydrogen-bond donors (Lipinski definition) is 1. The molecule has 22 heavy (non-hydrogen) atoms. The topological polar surface area (TPSA) is 38.1 Å². The average Bonchev–Trinajstić information content (AvgIpc) is 2.73. The molecule has 0 aliphatic carbocycles. The molecule has 1 aromatic heterocycles.